The summed E-state index contributed by atoms with van der Waals surface area (Å²) in [5.74, 6) is -2.91. The number of carboxylic acids is 2. The molecule has 1 aromatic carbocycles. The summed E-state index contributed by atoms with van der Waals surface area (Å²) in [4.78, 5) is 98.2. The quantitative estimate of drug-likeness (QED) is 0.0251. The molecule has 0 bridgehead atoms. The Labute approximate surface area is 485 Å². The Morgan fingerprint density at radius 1 is 0.688 bits per heavy atom. The number of ether oxygens (including phenoxy) is 2. The number of carbonyl (C=O) groups excluding carboxylic acids is 4. The molecule has 440 valence electrons. The van der Waals surface area contributed by atoms with Gasteiger partial charge in [-0.2, -0.15) is 0 Å². The average molecular weight is 1290 g/mol. The molecule has 20 heteroatoms. The minimum Gasteiger partial charge on any atom is -0.480 e. The molecule has 19 nitrogen and oxygen atoms in total. The molecule has 8 rings (SSSR count). The van der Waals surface area contributed by atoms with Gasteiger partial charge in [-0.05, 0) is 81.2 Å². The third-order valence-corrected chi connectivity index (χ3v) is 17.4. The number of hydrogen-bond acceptors (Lipinski definition) is 13. The number of piperidine rings is 1. The van der Waals surface area contributed by atoms with Gasteiger partial charge in [-0.25, -0.2) is 14.6 Å². The van der Waals surface area contributed by atoms with Crippen molar-refractivity contribution in [3.8, 4) is 17.1 Å². The summed E-state index contributed by atoms with van der Waals surface area (Å²) < 4.78 is 12.7. The van der Waals surface area contributed by atoms with Crippen LogP contribution in [0.1, 0.15) is 197 Å². The van der Waals surface area contributed by atoms with Crippen molar-refractivity contribution in [3.05, 3.63) is 56.9 Å². The fourth-order valence-electron chi connectivity index (χ4n) is 12.1. The Kier molecular flexibility index (Phi) is 24.1. The number of nitrogens with zero attached hydrogens (tertiary/aromatic N) is 5. The Morgan fingerprint density at radius 2 is 1.18 bits per heavy atom. The van der Waals surface area contributed by atoms with E-state index in [1.165, 1.54) is 70.6 Å². The van der Waals surface area contributed by atoms with Gasteiger partial charge in [-0.15, -0.1) is 0 Å². The Morgan fingerprint density at radius 3 is 1.65 bits per heavy atom. The number of aliphatic hydroxyl groups is 1. The number of pyridine rings is 2. The largest absolute Gasteiger partial charge is 4.00 e. The SMILES string of the molecule is CCc1c2c(nc3ccc(OC(=O)N4CCN(C(=O)CCCCCCCCCCCCCCCCCCC(=O)N5CCC(C(=O)O)(C(=O)O)CC5)CC4)cc13)-c1cc3c(c(=O)n1C2)COC(=O)[C@]3(O)CC.N[C@@H]1CCCC[C@H]1N.[Pt+4]. The number of likely N-dealkylation sites (tertiary alicyclic amines) is 1. The van der Waals surface area contributed by atoms with Crippen LogP contribution in [0.25, 0.3) is 22.3 Å². The molecule has 3 amide bonds. The number of carbonyl (C=O) groups is 6. The number of piperazine rings is 1. The van der Waals surface area contributed by atoms with E-state index in [0.717, 1.165) is 74.3 Å². The zero-order valence-electron chi connectivity index (χ0n) is 47.2. The number of aryl methyl sites for hydroxylation is 1. The first-order valence-corrected chi connectivity index (χ1v) is 29.7. The second-order valence-corrected chi connectivity index (χ2v) is 22.6. The van der Waals surface area contributed by atoms with Crippen molar-refractivity contribution in [2.45, 2.75) is 212 Å². The molecule has 3 atom stereocenters. The first-order chi connectivity index (χ1) is 38.0. The van der Waals surface area contributed by atoms with E-state index in [9.17, 15) is 48.9 Å². The van der Waals surface area contributed by atoms with Crippen LogP contribution in [0.4, 0.5) is 4.79 Å². The standard InChI is InChI=1S/C54H73N5O12.C6H14N2.Pt/c1-3-38-39-33-37(23-24-43(39)55-47-40(38)35-59-44(47)34-42-41(48(59)62)36-70-51(67)54(42,69)4-2)71-52(68)58-31-29-57(30-32-58)46(61)22-20-18-16-14-12-10-8-6-5-7-9-11-13-15-17-19-21-45(60)56-27-25-53(26-28-56,49(63)64)50(65)66;7-5-3-1-2-4-6(5)8;/h23-24,33-34,69H,3-22,25-32,35-36H2,1-2H3,(H,63,64)(H,65,66);5-6H,1-4,7-8H2;/q;;+4/t54-;5-,6-;/m01./s1. The van der Waals surface area contributed by atoms with Gasteiger partial charge in [0, 0.05) is 80.7 Å². The van der Waals surface area contributed by atoms with E-state index < -0.39 is 35.0 Å². The molecule has 0 unspecified atom stereocenters. The molecule has 1 aliphatic carbocycles. The van der Waals surface area contributed by atoms with Crippen molar-refractivity contribution in [1.82, 2.24) is 24.3 Å². The van der Waals surface area contributed by atoms with Crippen LogP contribution in [0.3, 0.4) is 0 Å². The fourth-order valence-corrected chi connectivity index (χ4v) is 12.1. The van der Waals surface area contributed by atoms with Crippen LogP contribution >= 0.6 is 0 Å². The smallest absolute Gasteiger partial charge is 0.480 e. The Balaban J connectivity index is 0.00000105. The number of esters is 1. The van der Waals surface area contributed by atoms with E-state index in [2.05, 4.69) is 0 Å². The molecule has 1 saturated carbocycles. The molecular weight excluding hydrogens is 1210 g/mol. The molecule has 6 heterocycles. The number of fused-ring (bicyclic) bond motifs is 5. The van der Waals surface area contributed by atoms with E-state index in [1.54, 1.807) is 39.5 Å². The van der Waals surface area contributed by atoms with Gasteiger partial charge >= 0.3 is 45.1 Å². The van der Waals surface area contributed by atoms with E-state index in [4.69, 9.17) is 25.9 Å². The van der Waals surface area contributed by atoms with E-state index in [-0.39, 0.29) is 107 Å². The Bertz CT molecular complexity index is 2680. The Hall–Kier alpha value is -5.23. The van der Waals surface area contributed by atoms with Gasteiger partial charge in [0.05, 0.1) is 29.0 Å². The van der Waals surface area contributed by atoms with Gasteiger partial charge in [0.15, 0.2) is 11.0 Å². The maximum Gasteiger partial charge on any atom is 4.00 e. The number of hydrogen-bond donors (Lipinski definition) is 5. The number of amides is 3. The maximum absolute atomic E-state index is 13.7. The van der Waals surface area contributed by atoms with Crippen LogP contribution in [0.2, 0.25) is 0 Å². The van der Waals surface area contributed by atoms with Crippen LogP contribution in [0, 0.1) is 5.41 Å². The van der Waals surface area contributed by atoms with Gasteiger partial charge in [-0.3, -0.25) is 24.0 Å². The van der Waals surface area contributed by atoms with Crippen molar-refractivity contribution in [2.24, 2.45) is 16.9 Å². The minimum absolute atomic E-state index is 0. The molecule has 2 aromatic heterocycles. The summed E-state index contributed by atoms with van der Waals surface area (Å²) in [6.07, 6.45) is 24.1. The molecule has 0 radical (unpaired) electrons. The summed E-state index contributed by atoms with van der Waals surface area (Å²) in [5.41, 5.74) is 11.5. The molecule has 7 N–H and O–H groups in total. The second kappa shape index (κ2) is 30.2. The topological polar surface area (TPSA) is 278 Å². The number of nitrogens with two attached hydrogens (primary N) is 2. The third-order valence-electron chi connectivity index (χ3n) is 17.4. The number of aliphatic carboxylic acids is 2. The van der Waals surface area contributed by atoms with Crippen LogP contribution in [0.15, 0.2) is 29.1 Å². The number of cyclic esters (lactones) is 1. The molecule has 5 aliphatic rings. The molecule has 0 spiro atoms. The third kappa shape index (κ3) is 15.4. The number of rotatable bonds is 24. The van der Waals surface area contributed by atoms with Gasteiger partial charge in [0.1, 0.15) is 12.4 Å². The monoisotopic (exact) mass is 1290 g/mol. The molecule has 3 fully saturated rings. The summed E-state index contributed by atoms with van der Waals surface area (Å²) in [6.45, 7) is 5.85. The van der Waals surface area contributed by atoms with Gasteiger partial charge in [0.2, 0.25) is 11.8 Å². The van der Waals surface area contributed by atoms with E-state index in [0.29, 0.717) is 68.1 Å². The van der Waals surface area contributed by atoms with Crippen LogP contribution in [-0.4, -0.2) is 127 Å². The van der Waals surface area contributed by atoms with Crippen LogP contribution < -0.4 is 21.8 Å². The summed E-state index contributed by atoms with van der Waals surface area (Å²) in [6, 6.07) is 7.58. The first-order valence-electron chi connectivity index (χ1n) is 29.7. The zero-order valence-corrected chi connectivity index (χ0v) is 49.5. The van der Waals surface area contributed by atoms with Crippen molar-refractivity contribution in [3.63, 3.8) is 0 Å². The maximum atomic E-state index is 13.7. The van der Waals surface area contributed by atoms with E-state index >= 15 is 0 Å². The van der Waals surface area contributed by atoms with Gasteiger partial charge in [0.25, 0.3) is 5.56 Å². The number of carboxylic acid groups (broad SMARTS) is 2. The molecule has 2 saturated heterocycles. The number of benzene rings is 1. The van der Waals surface area contributed by atoms with Crippen molar-refractivity contribution in [1.29, 1.82) is 0 Å². The van der Waals surface area contributed by atoms with Gasteiger partial charge < -0.3 is 55.5 Å². The van der Waals surface area contributed by atoms with Crippen LogP contribution in [0.5, 0.6) is 5.75 Å². The average Bonchev–Trinajstić information content (AvgIpc) is 4.02. The predicted molar refractivity (Wildman–Crippen MR) is 299 cm³/mol. The number of aromatic nitrogens is 2. The zero-order chi connectivity index (χ0) is 56.7. The predicted octanol–water partition coefficient (Wildman–Crippen LogP) is 8.30. The minimum atomic E-state index is -1.91. The second-order valence-electron chi connectivity index (χ2n) is 22.6. The van der Waals surface area contributed by atoms with Crippen molar-refractivity contribution < 1.29 is 74.6 Å². The van der Waals surface area contributed by atoms with Gasteiger partial charge in [-0.1, -0.05) is 117 Å². The summed E-state index contributed by atoms with van der Waals surface area (Å²) >= 11 is 0. The summed E-state index contributed by atoms with van der Waals surface area (Å²) in [5, 5.41) is 30.8. The normalized spacial score (nSPS) is 20.1. The molecule has 3 aromatic rings. The molecule has 80 heavy (non-hydrogen) atoms. The molecular formula is C60H87N7O12Pt+4. The van der Waals surface area contributed by atoms with Crippen LogP contribution in [-0.2, 0) is 74.9 Å². The van der Waals surface area contributed by atoms with Crippen molar-refractivity contribution >= 4 is 46.7 Å². The number of unbranched alkanes of at least 4 members (excludes halogenated alkanes) is 15. The van der Waals surface area contributed by atoms with Crippen molar-refractivity contribution in [2.75, 3.05) is 39.3 Å². The van der Waals surface area contributed by atoms with E-state index in [1.807, 2.05) is 17.9 Å². The summed E-state index contributed by atoms with van der Waals surface area (Å²) in [7, 11) is 0. The molecule has 4 aliphatic heterocycles. The fraction of sp³-hybridized carbons (Fsp3) is 0.667. The first kappa shape index (κ1) is 63.9.